The number of hydrogen-bond donors (Lipinski definition) is 1. The van der Waals surface area contributed by atoms with Crippen molar-refractivity contribution in [3.8, 4) is 5.69 Å². The quantitative estimate of drug-likeness (QED) is 0.321. The zero-order valence-electron chi connectivity index (χ0n) is 18.8. The van der Waals surface area contributed by atoms with E-state index in [9.17, 15) is 13.6 Å². The first kappa shape index (κ1) is 23.6. The first-order valence-electron chi connectivity index (χ1n) is 10.9. The van der Waals surface area contributed by atoms with Crippen LogP contribution >= 0.6 is 11.8 Å². The third kappa shape index (κ3) is 5.34. The fourth-order valence-corrected chi connectivity index (χ4v) is 4.45. The lowest BCUT2D eigenvalue weighted by Gasteiger charge is -2.13. The van der Waals surface area contributed by atoms with Gasteiger partial charge in [0.1, 0.15) is 17.5 Å². The third-order valence-electron chi connectivity index (χ3n) is 5.25. The van der Waals surface area contributed by atoms with Crippen LogP contribution in [-0.4, -0.2) is 20.7 Å². The van der Waals surface area contributed by atoms with Gasteiger partial charge in [0.15, 0.2) is 5.16 Å². The Morgan fingerprint density at radius 2 is 1.68 bits per heavy atom. The van der Waals surface area contributed by atoms with Gasteiger partial charge in [0.2, 0.25) is 0 Å². The lowest BCUT2D eigenvalue weighted by molar-refractivity contribution is 0.0950. The fourth-order valence-electron chi connectivity index (χ4n) is 3.50. The van der Waals surface area contributed by atoms with Gasteiger partial charge in [-0.3, -0.25) is 9.36 Å². The summed E-state index contributed by atoms with van der Waals surface area (Å²) in [6.07, 6.45) is 0. The molecule has 0 saturated carbocycles. The second-order valence-corrected chi connectivity index (χ2v) is 8.98. The number of halogens is 2. The third-order valence-corrected chi connectivity index (χ3v) is 6.23. The molecule has 8 heteroatoms. The van der Waals surface area contributed by atoms with E-state index in [4.69, 9.17) is 0 Å². The average Bonchev–Trinajstić information content (AvgIpc) is 3.27. The van der Waals surface area contributed by atoms with E-state index >= 15 is 0 Å². The Balaban J connectivity index is 1.53. The molecule has 3 aromatic carbocycles. The number of para-hydroxylation sites is 1. The van der Waals surface area contributed by atoms with Gasteiger partial charge >= 0.3 is 0 Å². The van der Waals surface area contributed by atoms with Crippen molar-refractivity contribution in [2.45, 2.75) is 37.2 Å². The molecule has 0 aliphatic heterocycles. The van der Waals surface area contributed by atoms with Gasteiger partial charge in [0.05, 0.1) is 5.69 Å². The minimum atomic E-state index is -0.355. The van der Waals surface area contributed by atoms with Crippen LogP contribution in [0.15, 0.2) is 78.0 Å². The van der Waals surface area contributed by atoms with Crippen molar-refractivity contribution in [2.75, 3.05) is 0 Å². The van der Waals surface area contributed by atoms with E-state index in [0.717, 1.165) is 11.1 Å². The standard InChI is InChI=1S/C26H24F2N4OS/c1-17(2)24-30-31-26(32(24)23-10-6-5-9-22(23)28)34-16-19-7-3-4-8-21(19)25(33)29-15-18-11-13-20(27)14-12-18/h3-14,17H,15-16H2,1-2H3,(H,29,33). The predicted octanol–water partition coefficient (Wildman–Crippen LogP) is 5.89. The van der Waals surface area contributed by atoms with Crippen LogP contribution < -0.4 is 5.32 Å². The number of aromatic nitrogens is 3. The van der Waals surface area contributed by atoms with Crippen LogP contribution in [0.3, 0.4) is 0 Å². The van der Waals surface area contributed by atoms with E-state index in [1.165, 1.54) is 30.0 Å². The molecule has 0 atom stereocenters. The molecule has 1 N–H and O–H groups in total. The van der Waals surface area contributed by atoms with Crippen molar-refractivity contribution in [3.05, 3.63) is 107 Å². The van der Waals surface area contributed by atoms with E-state index < -0.39 is 0 Å². The minimum absolute atomic E-state index is 0.0472. The Hall–Kier alpha value is -3.52. The number of benzene rings is 3. The van der Waals surface area contributed by atoms with Gasteiger partial charge in [0.25, 0.3) is 5.91 Å². The molecule has 0 spiro atoms. The maximum atomic E-state index is 14.6. The first-order valence-corrected chi connectivity index (χ1v) is 11.9. The van der Waals surface area contributed by atoms with Crippen LogP contribution in [0.2, 0.25) is 0 Å². The monoisotopic (exact) mass is 478 g/mol. The van der Waals surface area contributed by atoms with Crippen LogP contribution in [0.4, 0.5) is 8.78 Å². The van der Waals surface area contributed by atoms with Gasteiger partial charge < -0.3 is 5.32 Å². The highest BCUT2D eigenvalue weighted by molar-refractivity contribution is 7.98. The van der Waals surface area contributed by atoms with Crippen molar-refractivity contribution in [2.24, 2.45) is 0 Å². The SMILES string of the molecule is CC(C)c1nnc(SCc2ccccc2C(=O)NCc2ccc(F)cc2)n1-c1ccccc1F. The Kier molecular flexibility index (Phi) is 7.37. The van der Waals surface area contributed by atoms with E-state index in [2.05, 4.69) is 15.5 Å². The molecule has 1 aromatic heterocycles. The van der Waals surface area contributed by atoms with Crippen molar-refractivity contribution in [1.29, 1.82) is 0 Å². The summed E-state index contributed by atoms with van der Waals surface area (Å²) in [6, 6.07) is 19.9. The fraction of sp³-hybridized carbons (Fsp3) is 0.192. The van der Waals surface area contributed by atoms with Crippen molar-refractivity contribution >= 4 is 17.7 Å². The van der Waals surface area contributed by atoms with E-state index in [1.807, 2.05) is 26.0 Å². The van der Waals surface area contributed by atoms with Crippen LogP contribution in [0, 0.1) is 11.6 Å². The summed E-state index contributed by atoms with van der Waals surface area (Å²) in [5.74, 6) is 0.265. The number of nitrogens with zero attached hydrogens (tertiary/aromatic N) is 3. The number of nitrogens with one attached hydrogen (secondary N) is 1. The number of hydrogen-bond acceptors (Lipinski definition) is 4. The molecule has 0 radical (unpaired) electrons. The Labute approximate surface area is 201 Å². The zero-order valence-corrected chi connectivity index (χ0v) is 19.7. The molecule has 0 aliphatic carbocycles. The highest BCUT2D eigenvalue weighted by atomic mass is 32.2. The molecule has 174 valence electrons. The van der Waals surface area contributed by atoms with Gasteiger partial charge in [-0.1, -0.05) is 68.1 Å². The largest absolute Gasteiger partial charge is 0.348 e. The van der Waals surface area contributed by atoms with Gasteiger partial charge in [-0.15, -0.1) is 10.2 Å². The smallest absolute Gasteiger partial charge is 0.251 e. The van der Waals surface area contributed by atoms with Crippen molar-refractivity contribution in [3.63, 3.8) is 0 Å². The number of rotatable bonds is 8. The summed E-state index contributed by atoms with van der Waals surface area (Å²) in [5, 5.41) is 12.0. The van der Waals surface area contributed by atoms with Gasteiger partial charge in [-0.2, -0.15) is 0 Å². The molecule has 4 rings (SSSR count). The molecule has 5 nitrogen and oxygen atoms in total. The van der Waals surface area contributed by atoms with Gasteiger partial charge in [-0.05, 0) is 41.5 Å². The molecule has 1 heterocycles. The molecule has 0 aliphatic rings. The summed E-state index contributed by atoms with van der Waals surface area (Å²) in [5.41, 5.74) is 2.56. The molecule has 0 saturated heterocycles. The average molecular weight is 479 g/mol. The van der Waals surface area contributed by atoms with Crippen molar-refractivity contribution < 1.29 is 13.6 Å². The molecular weight excluding hydrogens is 454 g/mol. The number of thioether (sulfide) groups is 1. The maximum absolute atomic E-state index is 14.6. The Morgan fingerprint density at radius 3 is 2.41 bits per heavy atom. The Morgan fingerprint density at radius 1 is 0.971 bits per heavy atom. The summed E-state index contributed by atoms with van der Waals surface area (Å²) < 4.78 is 29.4. The number of carbonyl (C=O) groups excluding carboxylic acids is 1. The molecular formula is C26H24F2N4OS. The molecule has 0 unspecified atom stereocenters. The number of carbonyl (C=O) groups is 1. The summed E-state index contributed by atoms with van der Waals surface area (Å²) in [6.45, 7) is 4.26. The predicted molar refractivity (Wildman–Crippen MR) is 129 cm³/mol. The van der Waals surface area contributed by atoms with Crippen LogP contribution in [0.25, 0.3) is 5.69 Å². The Bertz CT molecular complexity index is 1290. The summed E-state index contributed by atoms with van der Waals surface area (Å²) >= 11 is 1.39. The van der Waals surface area contributed by atoms with Crippen LogP contribution in [-0.2, 0) is 12.3 Å². The molecule has 0 fully saturated rings. The van der Waals surface area contributed by atoms with Gasteiger partial charge in [-0.25, -0.2) is 8.78 Å². The van der Waals surface area contributed by atoms with Crippen LogP contribution in [0.1, 0.15) is 47.1 Å². The van der Waals surface area contributed by atoms with E-state index in [-0.39, 0.29) is 23.5 Å². The molecule has 4 aromatic rings. The highest BCUT2D eigenvalue weighted by Crippen LogP contribution is 2.29. The topological polar surface area (TPSA) is 59.8 Å². The van der Waals surface area contributed by atoms with Crippen LogP contribution in [0.5, 0.6) is 0 Å². The highest BCUT2D eigenvalue weighted by Gasteiger charge is 2.20. The minimum Gasteiger partial charge on any atom is -0.348 e. The van der Waals surface area contributed by atoms with Crippen molar-refractivity contribution in [1.82, 2.24) is 20.1 Å². The lowest BCUT2D eigenvalue weighted by Crippen LogP contribution is -2.23. The molecule has 1 amide bonds. The molecule has 34 heavy (non-hydrogen) atoms. The zero-order chi connectivity index (χ0) is 24.1. The van der Waals surface area contributed by atoms with Gasteiger partial charge in [0, 0.05) is 23.8 Å². The summed E-state index contributed by atoms with van der Waals surface area (Å²) in [4.78, 5) is 12.9. The molecule has 0 bridgehead atoms. The second kappa shape index (κ2) is 10.6. The first-order chi connectivity index (χ1) is 16.4. The van der Waals surface area contributed by atoms with E-state index in [1.54, 1.807) is 47.0 Å². The van der Waals surface area contributed by atoms with E-state index in [0.29, 0.717) is 34.5 Å². The maximum Gasteiger partial charge on any atom is 0.251 e. The summed E-state index contributed by atoms with van der Waals surface area (Å²) in [7, 11) is 0. The normalized spacial score (nSPS) is 11.1. The lowest BCUT2D eigenvalue weighted by atomic mass is 10.1. The number of amides is 1. The second-order valence-electron chi connectivity index (χ2n) is 8.04.